The number of fused-ring (bicyclic) bond motifs is 4. The number of halogens is 3. The number of rotatable bonds is 1. The minimum Gasteiger partial charge on any atom is -0.279 e. The number of hydrogen-bond donors (Lipinski definition) is 1. The highest BCUT2D eigenvalue weighted by Crippen LogP contribution is 2.43. The lowest BCUT2D eigenvalue weighted by Crippen LogP contribution is -2.21. The molecule has 0 radical (unpaired) electrons. The Labute approximate surface area is 190 Å². The summed E-state index contributed by atoms with van der Waals surface area (Å²) in [4.78, 5) is 0. The highest BCUT2D eigenvalue weighted by atomic mass is 32.2. The van der Waals surface area contributed by atoms with E-state index in [1.807, 2.05) is 0 Å². The first-order valence-electron chi connectivity index (χ1n) is 10.2. The second kappa shape index (κ2) is 8.32. The van der Waals surface area contributed by atoms with Crippen LogP contribution in [0, 0.1) is 13.8 Å². The summed E-state index contributed by atoms with van der Waals surface area (Å²) < 4.78 is 57.5. The maximum Gasteiger partial charge on any atom is 0.522 e. The summed E-state index contributed by atoms with van der Waals surface area (Å²) >= 11 is 0. The third-order valence-corrected chi connectivity index (χ3v) is 6.67. The van der Waals surface area contributed by atoms with E-state index >= 15 is 0 Å². The molecule has 5 rings (SSSR count). The fourth-order valence-electron chi connectivity index (χ4n) is 4.31. The molecule has 0 fully saturated rings. The fraction of sp³-hybridized carbons (Fsp3) is 0.154. The van der Waals surface area contributed by atoms with Gasteiger partial charge in [-0.25, -0.2) is 0 Å². The van der Waals surface area contributed by atoms with Crippen LogP contribution in [-0.4, -0.2) is 18.5 Å². The Morgan fingerprint density at radius 2 is 1.33 bits per heavy atom. The van der Waals surface area contributed by atoms with Crippen LogP contribution in [0.5, 0.6) is 0 Å². The maximum absolute atomic E-state index is 10.7. The molecule has 1 N–H and O–H groups in total. The van der Waals surface area contributed by atoms with Crippen LogP contribution in [0.25, 0.3) is 33.0 Å². The van der Waals surface area contributed by atoms with E-state index in [0.717, 1.165) is 6.42 Å². The Hall–Kier alpha value is -3.16. The molecule has 0 atom stereocenters. The Morgan fingerprint density at radius 1 is 0.758 bits per heavy atom. The lowest BCUT2D eigenvalue weighted by molar-refractivity contribution is -0.0510. The predicted molar refractivity (Wildman–Crippen MR) is 125 cm³/mol. The molecule has 0 heterocycles. The first kappa shape index (κ1) is 23.0. The van der Waals surface area contributed by atoms with Crippen LogP contribution in [0.1, 0.15) is 22.3 Å². The van der Waals surface area contributed by atoms with Crippen molar-refractivity contribution in [2.45, 2.75) is 25.8 Å². The highest BCUT2D eigenvalue weighted by molar-refractivity contribution is 7.86. The van der Waals surface area contributed by atoms with E-state index < -0.39 is 15.6 Å². The van der Waals surface area contributed by atoms with Gasteiger partial charge < -0.3 is 0 Å². The average Bonchev–Trinajstić information content (AvgIpc) is 3.14. The largest absolute Gasteiger partial charge is 0.522 e. The summed E-state index contributed by atoms with van der Waals surface area (Å²) in [5.41, 5.74) is 5.80. The van der Waals surface area contributed by atoms with E-state index in [1.165, 1.54) is 55.3 Å². The third kappa shape index (κ3) is 4.26. The first-order chi connectivity index (χ1) is 15.5. The van der Waals surface area contributed by atoms with Crippen LogP contribution in [0.15, 0.2) is 72.8 Å². The van der Waals surface area contributed by atoms with E-state index in [0.29, 0.717) is 0 Å². The molecule has 0 spiro atoms. The molecule has 0 unspecified atom stereocenters. The average molecular weight is 471 g/mol. The van der Waals surface area contributed by atoms with Crippen molar-refractivity contribution >= 4 is 20.9 Å². The summed E-state index contributed by atoms with van der Waals surface area (Å²) in [6, 6.07) is 26.6. The van der Waals surface area contributed by atoms with Gasteiger partial charge in [0.15, 0.2) is 0 Å². The lowest BCUT2D eigenvalue weighted by atomic mass is 9.88. The minimum atomic E-state index is -5.84. The first-order valence-corrected chi connectivity index (χ1v) is 11.7. The van der Waals surface area contributed by atoms with Gasteiger partial charge in [-0.1, -0.05) is 66.7 Å². The zero-order valence-corrected chi connectivity index (χ0v) is 18.8. The van der Waals surface area contributed by atoms with Crippen molar-refractivity contribution < 1.29 is 26.1 Å². The summed E-state index contributed by atoms with van der Waals surface area (Å²) in [5.74, 6) is 0. The maximum atomic E-state index is 10.7. The predicted octanol–water partition coefficient (Wildman–Crippen LogP) is 7.09. The van der Waals surface area contributed by atoms with Gasteiger partial charge in [0.2, 0.25) is 0 Å². The molecule has 170 valence electrons. The van der Waals surface area contributed by atoms with E-state index in [-0.39, 0.29) is 0 Å². The van der Waals surface area contributed by atoms with Gasteiger partial charge >= 0.3 is 15.6 Å². The summed E-state index contributed by atoms with van der Waals surface area (Å²) in [6.07, 6.45) is 1.06. The summed E-state index contributed by atoms with van der Waals surface area (Å²) in [7, 11) is -5.84. The highest BCUT2D eigenvalue weighted by Gasteiger charge is 2.44. The van der Waals surface area contributed by atoms with E-state index in [1.54, 1.807) is 0 Å². The molecule has 0 bridgehead atoms. The van der Waals surface area contributed by atoms with Crippen molar-refractivity contribution in [3.8, 4) is 22.3 Å². The van der Waals surface area contributed by atoms with Crippen molar-refractivity contribution in [1.82, 2.24) is 0 Å². The van der Waals surface area contributed by atoms with Crippen molar-refractivity contribution in [2.75, 3.05) is 0 Å². The van der Waals surface area contributed by atoms with Crippen molar-refractivity contribution in [3.63, 3.8) is 0 Å². The van der Waals surface area contributed by atoms with Crippen LogP contribution in [0.4, 0.5) is 13.2 Å². The molecule has 4 aromatic rings. The molecule has 1 aliphatic carbocycles. The Kier molecular flexibility index (Phi) is 5.80. The van der Waals surface area contributed by atoms with Gasteiger partial charge in [-0.05, 0) is 81.6 Å². The molecular weight excluding hydrogens is 449 g/mol. The molecule has 0 saturated carbocycles. The van der Waals surface area contributed by atoms with Gasteiger partial charge in [0, 0.05) is 0 Å². The summed E-state index contributed by atoms with van der Waals surface area (Å²) in [6.45, 7) is 4.56. The lowest BCUT2D eigenvalue weighted by Gasteiger charge is -2.16. The topological polar surface area (TPSA) is 54.4 Å². The second-order valence-corrected chi connectivity index (χ2v) is 9.39. The summed E-state index contributed by atoms with van der Waals surface area (Å²) in [5, 5.41) is 2.64. The normalized spacial score (nSPS) is 12.7. The van der Waals surface area contributed by atoms with Gasteiger partial charge in [-0.15, -0.1) is 0 Å². The molecule has 0 amide bonds. The van der Waals surface area contributed by atoms with Crippen LogP contribution in [-0.2, 0) is 16.5 Å². The molecule has 1 aliphatic rings. The molecule has 0 aliphatic heterocycles. The monoisotopic (exact) mass is 470 g/mol. The van der Waals surface area contributed by atoms with Gasteiger partial charge in [0.05, 0.1) is 0 Å². The van der Waals surface area contributed by atoms with Crippen molar-refractivity contribution in [3.05, 3.63) is 95.1 Å². The molecule has 0 saturated heterocycles. The molecule has 4 aromatic carbocycles. The standard InChI is InChI=1S/C25H20.CHF3O3S/c1-16-17(2)24(22-13-7-10-18-8-3-5-11-20(18)22)15-25-21-12-6-4-9-19(21)14-23(16)25;2-1(3,4)8(5,6)7/h3-13,15H,14H2,1-2H3;(H,5,6,7). The van der Waals surface area contributed by atoms with Crippen LogP contribution >= 0.6 is 0 Å². The van der Waals surface area contributed by atoms with Gasteiger partial charge in [-0.2, -0.15) is 21.6 Å². The molecule has 3 nitrogen and oxygen atoms in total. The third-order valence-electron chi connectivity index (χ3n) is 6.08. The van der Waals surface area contributed by atoms with Gasteiger partial charge in [0.1, 0.15) is 0 Å². The van der Waals surface area contributed by atoms with Crippen LogP contribution < -0.4 is 0 Å². The van der Waals surface area contributed by atoms with Gasteiger partial charge in [0.25, 0.3) is 0 Å². The number of alkyl halides is 3. The Morgan fingerprint density at radius 3 is 2.03 bits per heavy atom. The number of hydrogen-bond acceptors (Lipinski definition) is 2. The van der Waals surface area contributed by atoms with Crippen molar-refractivity contribution in [1.29, 1.82) is 0 Å². The molecule has 33 heavy (non-hydrogen) atoms. The molecule has 0 aromatic heterocycles. The smallest absolute Gasteiger partial charge is 0.279 e. The van der Waals surface area contributed by atoms with E-state index in [4.69, 9.17) is 13.0 Å². The second-order valence-electron chi connectivity index (χ2n) is 7.98. The molecule has 7 heteroatoms. The molecular formula is C26H21F3O3S. The Bertz CT molecular complexity index is 1470. The minimum absolute atomic E-state index is 1.06. The van der Waals surface area contributed by atoms with E-state index in [9.17, 15) is 13.2 Å². The number of benzene rings is 4. The quantitative estimate of drug-likeness (QED) is 0.210. The van der Waals surface area contributed by atoms with Crippen molar-refractivity contribution in [2.24, 2.45) is 0 Å². The zero-order valence-electron chi connectivity index (χ0n) is 17.9. The fourth-order valence-corrected chi connectivity index (χ4v) is 4.31. The zero-order chi connectivity index (χ0) is 24.0. The SMILES string of the molecule is Cc1c(-c2cccc3ccccc23)cc2c(c1C)Cc1ccccc1-2.O=S(=O)(O)C(F)(F)F. The Balaban J connectivity index is 0.000000281. The van der Waals surface area contributed by atoms with Crippen LogP contribution in [0.2, 0.25) is 0 Å². The van der Waals surface area contributed by atoms with E-state index in [2.05, 4.69) is 86.6 Å². The van der Waals surface area contributed by atoms with Crippen LogP contribution in [0.3, 0.4) is 0 Å². The van der Waals surface area contributed by atoms with Gasteiger partial charge in [-0.3, -0.25) is 4.55 Å².